The smallest absolute Gasteiger partial charge is 0.231 e. The van der Waals surface area contributed by atoms with Gasteiger partial charge in [-0.2, -0.15) is 20.2 Å². The number of methoxy groups -OCH3 is 1. The molecule has 0 spiro atoms. The standard InChI is InChI=1S/C32H33N7O/c1-19-13-14-29(40-4)28(15-19)33-32-34-30(38-36-26-16-20(2)22-9-5-7-11-24(22)26)18-31(35-32)39-37-27-17-21(3)23-10-6-8-12-25(23)27/h5-15,18,20-21H,16-17H2,1-4H3,(H3,33,34,35,38,39). The highest BCUT2D eigenvalue weighted by Gasteiger charge is 2.25. The lowest BCUT2D eigenvalue weighted by atomic mass is 10.0. The van der Waals surface area contributed by atoms with Gasteiger partial charge in [0, 0.05) is 17.2 Å². The van der Waals surface area contributed by atoms with E-state index in [2.05, 4.69) is 78.5 Å². The summed E-state index contributed by atoms with van der Waals surface area (Å²) in [5.74, 6) is 3.07. The van der Waals surface area contributed by atoms with Crippen LogP contribution in [0, 0.1) is 6.92 Å². The Morgan fingerprint density at radius 3 is 1.85 bits per heavy atom. The zero-order valence-electron chi connectivity index (χ0n) is 23.2. The van der Waals surface area contributed by atoms with Crippen molar-refractivity contribution in [1.29, 1.82) is 0 Å². The molecule has 3 N–H and O–H groups in total. The molecule has 0 amide bonds. The molecule has 0 saturated carbocycles. The summed E-state index contributed by atoms with van der Waals surface area (Å²) < 4.78 is 5.56. The molecular formula is C32H33N7O. The van der Waals surface area contributed by atoms with Gasteiger partial charge in [-0.3, -0.25) is 10.9 Å². The second-order valence-electron chi connectivity index (χ2n) is 10.5. The van der Waals surface area contributed by atoms with Crippen LogP contribution in [-0.2, 0) is 0 Å². The van der Waals surface area contributed by atoms with Crippen LogP contribution in [0.5, 0.6) is 5.75 Å². The van der Waals surface area contributed by atoms with E-state index in [-0.39, 0.29) is 0 Å². The Kier molecular flexibility index (Phi) is 6.90. The van der Waals surface area contributed by atoms with Crippen LogP contribution in [0.3, 0.4) is 0 Å². The summed E-state index contributed by atoms with van der Waals surface area (Å²) in [6, 6.07) is 24.6. The Bertz CT molecular complexity index is 1540. The van der Waals surface area contributed by atoms with Crippen LogP contribution in [-0.4, -0.2) is 28.5 Å². The lowest BCUT2D eigenvalue weighted by molar-refractivity contribution is 0.416. The molecule has 0 aliphatic heterocycles. The largest absolute Gasteiger partial charge is 0.495 e. The number of hydrogen-bond acceptors (Lipinski definition) is 8. The molecule has 0 radical (unpaired) electrons. The van der Waals surface area contributed by atoms with Crippen LogP contribution in [0.4, 0.5) is 23.3 Å². The number of rotatable bonds is 7. The first kappa shape index (κ1) is 25.6. The molecular weight excluding hydrogens is 498 g/mol. The number of ether oxygens (including phenoxy) is 1. The molecule has 2 aliphatic rings. The van der Waals surface area contributed by atoms with E-state index in [1.807, 2.05) is 31.2 Å². The van der Waals surface area contributed by atoms with Crippen molar-refractivity contribution in [1.82, 2.24) is 9.97 Å². The summed E-state index contributed by atoms with van der Waals surface area (Å²) in [5, 5.41) is 12.8. The molecule has 0 bridgehead atoms. The molecule has 8 heteroatoms. The van der Waals surface area contributed by atoms with Crippen LogP contribution < -0.4 is 20.9 Å². The van der Waals surface area contributed by atoms with E-state index in [9.17, 15) is 0 Å². The first-order chi connectivity index (χ1) is 19.5. The maximum absolute atomic E-state index is 5.56. The van der Waals surface area contributed by atoms with Crippen molar-refractivity contribution >= 4 is 34.7 Å². The number of aromatic nitrogens is 2. The highest BCUT2D eigenvalue weighted by Crippen LogP contribution is 2.34. The molecule has 2 atom stereocenters. The predicted molar refractivity (Wildman–Crippen MR) is 162 cm³/mol. The summed E-state index contributed by atoms with van der Waals surface area (Å²) >= 11 is 0. The van der Waals surface area contributed by atoms with Gasteiger partial charge in [0.05, 0.1) is 24.2 Å². The van der Waals surface area contributed by atoms with Gasteiger partial charge in [-0.05, 0) is 60.4 Å². The van der Waals surface area contributed by atoms with Gasteiger partial charge in [-0.15, -0.1) is 0 Å². The Balaban J connectivity index is 1.32. The van der Waals surface area contributed by atoms with Crippen molar-refractivity contribution < 1.29 is 4.74 Å². The van der Waals surface area contributed by atoms with E-state index in [1.165, 1.54) is 22.3 Å². The highest BCUT2D eigenvalue weighted by atomic mass is 16.5. The SMILES string of the molecule is COc1ccc(C)cc1Nc1nc(NN=C2CC(C)c3ccccc32)cc(NN=C2CC(C)c3ccccc32)n1. The van der Waals surface area contributed by atoms with Crippen LogP contribution >= 0.6 is 0 Å². The first-order valence-corrected chi connectivity index (χ1v) is 13.6. The monoisotopic (exact) mass is 531 g/mol. The van der Waals surface area contributed by atoms with E-state index in [4.69, 9.17) is 24.9 Å². The fraction of sp³-hybridized carbons (Fsp3) is 0.250. The zero-order valence-corrected chi connectivity index (χ0v) is 23.2. The van der Waals surface area contributed by atoms with E-state index < -0.39 is 0 Å². The van der Waals surface area contributed by atoms with Crippen LogP contribution in [0.2, 0.25) is 0 Å². The average molecular weight is 532 g/mol. The second-order valence-corrected chi connectivity index (χ2v) is 10.5. The fourth-order valence-corrected chi connectivity index (χ4v) is 5.52. The average Bonchev–Trinajstić information content (AvgIpc) is 3.47. The van der Waals surface area contributed by atoms with Crippen LogP contribution in [0.15, 0.2) is 83.0 Å². The Morgan fingerprint density at radius 2 is 1.30 bits per heavy atom. The normalized spacial score (nSPS) is 19.4. The third-order valence-corrected chi connectivity index (χ3v) is 7.54. The Hall–Kier alpha value is -4.72. The number of fused-ring (bicyclic) bond motifs is 2. The van der Waals surface area contributed by atoms with Gasteiger partial charge < -0.3 is 10.1 Å². The summed E-state index contributed by atoms with van der Waals surface area (Å²) in [4.78, 5) is 9.43. The summed E-state index contributed by atoms with van der Waals surface area (Å²) in [6.07, 6.45) is 1.75. The molecule has 3 aromatic carbocycles. The number of hydrazone groups is 2. The topological polar surface area (TPSA) is 95.8 Å². The van der Waals surface area contributed by atoms with E-state index in [0.29, 0.717) is 35.2 Å². The van der Waals surface area contributed by atoms with Crippen LogP contribution in [0.25, 0.3) is 0 Å². The van der Waals surface area contributed by atoms with Crippen molar-refractivity contribution in [3.8, 4) is 5.75 Å². The number of aryl methyl sites for hydroxylation is 1. The van der Waals surface area contributed by atoms with Gasteiger partial charge >= 0.3 is 0 Å². The zero-order chi connectivity index (χ0) is 27.6. The van der Waals surface area contributed by atoms with Gasteiger partial charge in [-0.1, -0.05) is 68.4 Å². The summed E-state index contributed by atoms with van der Waals surface area (Å²) in [5.41, 5.74) is 15.3. The lowest BCUT2D eigenvalue weighted by Crippen LogP contribution is -2.07. The second kappa shape index (κ2) is 10.8. The molecule has 40 heavy (non-hydrogen) atoms. The number of nitrogens with zero attached hydrogens (tertiary/aromatic N) is 4. The van der Waals surface area contributed by atoms with Crippen molar-refractivity contribution in [3.63, 3.8) is 0 Å². The van der Waals surface area contributed by atoms with Gasteiger partial charge in [0.1, 0.15) is 5.75 Å². The third-order valence-electron chi connectivity index (χ3n) is 7.54. The molecule has 202 valence electrons. The third kappa shape index (κ3) is 5.12. The minimum Gasteiger partial charge on any atom is -0.495 e. The van der Waals surface area contributed by atoms with Crippen molar-refractivity contribution in [2.75, 3.05) is 23.3 Å². The molecule has 6 rings (SSSR count). The number of hydrogen-bond donors (Lipinski definition) is 3. The number of anilines is 4. The Morgan fingerprint density at radius 1 is 0.750 bits per heavy atom. The minimum absolute atomic E-state index is 0.400. The van der Waals surface area contributed by atoms with E-state index in [1.54, 1.807) is 7.11 Å². The maximum atomic E-state index is 5.56. The first-order valence-electron chi connectivity index (χ1n) is 13.6. The molecule has 4 aromatic rings. The summed E-state index contributed by atoms with van der Waals surface area (Å²) in [7, 11) is 1.65. The number of nitrogens with one attached hydrogen (secondary N) is 3. The predicted octanol–water partition coefficient (Wildman–Crippen LogP) is 7.18. The van der Waals surface area contributed by atoms with Gasteiger partial charge in [0.25, 0.3) is 0 Å². The van der Waals surface area contributed by atoms with Gasteiger partial charge in [-0.25, -0.2) is 0 Å². The van der Waals surface area contributed by atoms with Crippen LogP contribution in [0.1, 0.15) is 66.3 Å². The molecule has 2 aliphatic carbocycles. The fourth-order valence-electron chi connectivity index (χ4n) is 5.52. The lowest BCUT2D eigenvalue weighted by Gasteiger charge is -2.13. The maximum Gasteiger partial charge on any atom is 0.231 e. The molecule has 8 nitrogen and oxygen atoms in total. The van der Waals surface area contributed by atoms with Gasteiger partial charge in [0.15, 0.2) is 11.6 Å². The van der Waals surface area contributed by atoms with E-state index in [0.717, 1.165) is 35.5 Å². The number of benzene rings is 3. The molecule has 0 saturated heterocycles. The van der Waals surface area contributed by atoms with Crippen molar-refractivity contribution in [2.45, 2.75) is 45.4 Å². The van der Waals surface area contributed by atoms with Crippen molar-refractivity contribution in [2.24, 2.45) is 10.2 Å². The molecule has 1 aromatic heterocycles. The molecule has 1 heterocycles. The van der Waals surface area contributed by atoms with Crippen molar-refractivity contribution in [3.05, 3.63) is 101 Å². The molecule has 2 unspecified atom stereocenters. The van der Waals surface area contributed by atoms with Gasteiger partial charge in [0.2, 0.25) is 5.95 Å². The quantitative estimate of drug-likeness (QED) is 0.219. The van der Waals surface area contributed by atoms with E-state index >= 15 is 0 Å². The highest BCUT2D eigenvalue weighted by molar-refractivity contribution is 6.06. The molecule has 0 fully saturated rings. The summed E-state index contributed by atoms with van der Waals surface area (Å²) in [6.45, 7) is 6.49. The Labute approximate surface area is 234 Å². The minimum atomic E-state index is 0.400.